The number of nitriles is 1. The number of amides is 1. The first kappa shape index (κ1) is 20.0. The summed E-state index contributed by atoms with van der Waals surface area (Å²) in [4.78, 5) is 15.6. The average Bonchev–Trinajstić information content (AvgIpc) is 2.75. The molecular weight excluding hydrogens is 368 g/mol. The SMILES string of the molecule is COc1ccc(C(=O)NCCNc2[nH+]c3ccc(C)cc3cc2C#N)cc1OC. The first-order chi connectivity index (χ1) is 14.0. The number of ether oxygens (including phenoxy) is 2. The summed E-state index contributed by atoms with van der Waals surface area (Å²) in [6.45, 7) is 2.86. The lowest BCUT2D eigenvalue weighted by Gasteiger charge is -2.10. The summed E-state index contributed by atoms with van der Waals surface area (Å²) in [5.41, 5.74) is 3.07. The van der Waals surface area contributed by atoms with Gasteiger partial charge in [-0.25, -0.2) is 4.98 Å². The van der Waals surface area contributed by atoms with Crippen molar-refractivity contribution in [2.24, 2.45) is 0 Å². The number of anilines is 1. The van der Waals surface area contributed by atoms with Crippen LogP contribution in [-0.2, 0) is 0 Å². The van der Waals surface area contributed by atoms with Gasteiger partial charge < -0.3 is 14.8 Å². The van der Waals surface area contributed by atoms with E-state index in [2.05, 4.69) is 21.7 Å². The first-order valence-corrected chi connectivity index (χ1v) is 9.16. The lowest BCUT2D eigenvalue weighted by Crippen LogP contribution is -2.30. The molecule has 1 aromatic heterocycles. The third-order valence-electron chi connectivity index (χ3n) is 4.51. The summed E-state index contributed by atoms with van der Waals surface area (Å²) >= 11 is 0. The van der Waals surface area contributed by atoms with E-state index in [1.165, 1.54) is 7.11 Å². The number of nitrogens with one attached hydrogen (secondary N) is 3. The topological polar surface area (TPSA) is 97.5 Å². The molecule has 0 unspecified atom stereocenters. The molecule has 29 heavy (non-hydrogen) atoms. The van der Waals surface area contributed by atoms with Crippen molar-refractivity contribution in [2.75, 3.05) is 32.6 Å². The maximum Gasteiger partial charge on any atom is 0.290 e. The van der Waals surface area contributed by atoms with Crippen molar-refractivity contribution in [1.29, 1.82) is 5.26 Å². The Kier molecular flexibility index (Phi) is 6.15. The summed E-state index contributed by atoms with van der Waals surface area (Å²) in [7, 11) is 3.07. The third kappa shape index (κ3) is 4.55. The summed E-state index contributed by atoms with van der Waals surface area (Å²) in [6, 6.07) is 15.1. The van der Waals surface area contributed by atoms with Crippen molar-refractivity contribution < 1.29 is 19.3 Å². The number of aryl methyl sites for hydroxylation is 1. The molecule has 148 valence electrons. The zero-order chi connectivity index (χ0) is 20.8. The fourth-order valence-corrected chi connectivity index (χ4v) is 3.02. The van der Waals surface area contributed by atoms with Crippen molar-refractivity contribution in [1.82, 2.24) is 5.32 Å². The number of nitrogens with zero attached hydrogens (tertiary/aromatic N) is 1. The Bertz CT molecular complexity index is 1090. The highest BCUT2D eigenvalue weighted by atomic mass is 16.5. The van der Waals surface area contributed by atoms with Gasteiger partial charge in [-0.15, -0.1) is 0 Å². The van der Waals surface area contributed by atoms with Crippen LogP contribution in [0.2, 0.25) is 0 Å². The monoisotopic (exact) mass is 391 g/mol. The summed E-state index contributed by atoms with van der Waals surface area (Å²) in [5, 5.41) is 16.4. The van der Waals surface area contributed by atoms with E-state index >= 15 is 0 Å². The number of fused-ring (bicyclic) bond motifs is 1. The van der Waals surface area contributed by atoms with Crippen LogP contribution in [0.4, 0.5) is 5.82 Å². The number of carbonyl (C=O) groups is 1. The number of pyridine rings is 1. The van der Waals surface area contributed by atoms with Gasteiger partial charge in [0.05, 0.1) is 20.8 Å². The maximum absolute atomic E-state index is 12.4. The Morgan fingerprint density at radius 1 is 1.07 bits per heavy atom. The molecule has 0 radical (unpaired) electrons. The van der Waals surface area contributed by atoms with Gasteiger partial charge in [-0.05, 0) is 43.3 Å². The molecule has 0 aliphatic carbocycles. The molecule has 7 heteroatoms. The first-order valence-electron chi connectivity index (χ1n) is 9.16. The van der Waals surface area contributed by atoms with Crippen LogP contribution in [0.15, 0.2) is 42.5 Å². The number of H-pyrrole nitrogens is 1. The average molecular weight is 391 g/mol. The van der Waals surface area contributed by atoms with Gasteiger partial charge in [0.2, 0.25) is 0 Å². The largest absolute Gasteiger partial charge is 0.493 e. The van der Waals surface area contributed by atoms with Crippen LogP contribution in [0.3, 0.4) is 0 Å². The van der Waals surface area contributed by atoms with Gasteiger partial charge in [0.15, 0.2) is 11.5 Å². The number of hydrogen-bond donors (Lipinski definition) is 2. The Hall–Kier alpha value is -3.79. The Morgan fingerprint density at radius 3 is 2.59 bits per heavy atom. The van der Waals surface area contributed by atoms with Gasteiger partial charge in [0, 0.05) is 10.9 Å². The van der Waals surface area contributed by atoms with Gasteiger partial charge in [-0.3, -0.25) is 10.1 Å². The van der Waals surface area contributed by atoms with Crippen LogP contribution in [0.1, 0.15) is 21.5 Å². The Labute approximate surface area is 169 Å². The van der Waals surface area contributed by atoms with E-state index in [9.17, 15) is 10.1 Å². The van der Waals surface area contributed by atoms with Gasteiger partial charge >= 0.3 is 0 Å². The lowest BCUT2D eigenvalue weighted by molar-refractivity contribution is -0.327. The lowest BCUT2D eigenvalue weighted by atomic mass is 10.1. The van der Waals surface area contributed by atoms with E-state index in [0.717, 1.165) is 16.5 Å². The minimum Gasteiger partial charge on any atom is -0.493 e. The second-order valence-corrected chi connectivity index (χ2v) is 6.51. The highest BCUT2D eigenvalue weighted by Crippen LogP contribution is 2.27. The molecule has 3 aromatic rings. The second kappa shape index (κ2) is 8.93. The van der Waals surface area contributed by atoms with Crippen molar-refractivity contribution >= 4 is 22.6 Å². The van der Waals surface area contributed by atoms with Gasteiger partial charge in [0.1, 0.15) is 23.7 Å². The molecule has 2 aromatic carbocycles. The minimum absolute atomic E-state index is 0.216. The molecular formula is C22H23N4O3+. The smallest absolute Gasteiger partial charge is 0.290 e. The molecule has 0 fully saturated rings. The van der Waals surface area contributed by atoms with Crippen LogP contribution in [-0.4, -0.2) is 33.2 Å². The fourth-order valence-electron chi connectivity index (χ4n) is 3.02. The predicted molar refractivity (Wildman–Crippen MR) is 110 cm³/mol. The normalized spacial score (nSPS) is 10.3. The van der Waals surface area contributed by atoms with Gasteiger partial charge in [-0.2, -0.15) is 5.26 Å². The molecule has 0 saturated heterocycles. The molecule has 3 rings (SSSR count). The van der Waals surface area contributed by atoms with Crippen molar-refractivity contribution in [2.45, 2.75) is 6.92 Å². The zero-order valence-corrected chi connectivity index (χ0v) is 16.6. The summed E-state index contributed by atoms with van der Waals surface area (Å²) in [5.74, 6) is 1.48. The van der Waals surface area contributed by atoms with E-state index in [1.807, 2.05) is 31.2 Å². The highest BCUT2D eigenvalue weighted by Gasteiger charge is 2.14. The quantitative estimate of drug-likeness (QED) is 0.604. The molecule has 0 saturated carbocycles. The molecule has 1 amide bonds. The van der Waals surface area contributed by atoms with Crippen LogP contribution < -0.4 is 25.1 Å². The standard InChI is InChI=1S/C22H22N4O3/c1-14-4-6-18-16(10-14)11-17(13-23)21(26-18)24-8-9-25-22(27)15-5-7-19(28-2)20(12-15)29-3/h4-7,10-12H,8-9H2,1-3H3,(H,24,26)(H,25,27)/p+1. The second-order valence-electron chi connectivity index (χ2n) is 6.51. The molecule has 3 N–H and O–H groups in total. The van der Waals surface area contributed by atoms with E-state index in [-0.39, 0.29) is 5.91 Å². The number of aromatic nitrogens is 1. The summed E-state index contributed by atoms with van der Waals surface area (Å²) < 4.78 is 10.4. The van der Waals surface area contributed by atoms with Crippen LogP contribution in [0.25, 0.3) is 10.9 Å². The van der Waals surface area contributed by atoms with E-state index in [0.29, 0.717) is 41.5 Å². The Morgan fingerprint density at radius 2 is 1.86 bits per heavy atom. The van der Waals surface area contributed by atoms with Crippen LogP contribution >= 0.6 is 0 Å². The molecule has 0 atom stereocenters. The molecule has 1 heterocycles. The molecule has 0 aliphatic rings. The van der Waals surface area contributed by atoms with Crippen LogP contribution in [0, 0.1) is 18.3 Å². The summed E-state index contributed by atoms with van der Waals surface area (Å²) in [6.07, 6.45) is 0. The van der Waals surface area contributed by atoms with Crippen molar-refractivity contribution in [3.8, 4) is 17.6 Å². The van der Waals surface area contributed by atoms with Crippen molar-refractivity contribution in [3.63, 3.8) is 0 Å². The fraction of sp³-hybridized carbons (Fsp3) is 0.227. The van der Waals surface area contributed by atoms with Gasteiger partial charge in [0.25, 0.3) is 11.7 Å². The molecule has 0 bridgehead atoms. The number of hydrogen-bond acceptors (Lipinski definition) is 5. The number of methoxy groups -OCH3 is 2. The zero-order valence-electron chi connectivity index (χ0n) is 16.6. The predicted octanol–water partition coefficient (Wildman–Crippen LogP) is 2.69. The molecule has 0 spiro atoms. The minimum atomic E-state index is -0.216. The number of aromatic amines is 1. The van der Waals surface area contributed by atoms with E-state index in [1.54, 1.807) is 25.3 Å². The van der Waals surface area contributed by atoms with Crippen molar-refractivity contribution in [3.05, 3.63) is 59.2 Å². The van der Waals surface area contributed by atoms with Crippen LogP contribution in [0.5, 0.6) is 11.5 Å². The maximum atomic E-state index is 12.4. The molecule has 7 nitrogen and oxygen atoms in total. The Balaban J connectivity index is 1.62. The number of rotatable bonds is 7. The highest BCUT2D eigenvalue weighted by molar-refractivity contribution is 5.94. The van der Waals surface area contributed by atoms with E-state index in [4.69, 9.17) is 9.47 Å². The third-order valence-corrected chi connectivity index (χ3v) is 4.51. The number of carbonyl (C=O) groups excluding carboxylic acids is 1. The van der Waals surface area contributed by atoms with Gasteiger partial charge in [-0.1, -0.05) is 11.6 Å². The molecule has 0 aliphatic heterocycles. The van der Waals surface area contributed by atoms with E-state index < -0.39 is 0 Å². The number of benzene rings is 2.